The lowest BCUT2D eigenvalue weighted by atomic mass is 10.1. The second-order valence-corrected chi connectivity index (χ2v) is 5.34. The number of nitrogens with zero attached hydrogens (tertiary/aromatic N) is 1. The Bertz CT molecular complexity index is 238. The Hall–Kier alpha value is -0.610. The number of rotatable bonds is 6. The van der Waals surface area contributed by atoms with Gasteiger partial charge in [0.2, 0.25) is 5.91 Å². The summed E-state index contributed by atoms with van der Waals surface area (Å²) >= 11 is 0. The van der Waals surface area contributed by atoms with Gasteiger partial charge < -0.3 is 15.4 Å². The molecule has 1 aliphatic carbocycles. The van der Waals surface area contributed by atoms with Crippen LogP contribution in [-0.2, 0) is 9.53 Å². The van der Waals surface area contributed by atoms with Gasteiger partial charge in [-0.05, 0) is 25.7 Å². The quantitative estimate of drug-likeness (QED) is 0.583. The first-order valence-electron chi connectivity index (χ1n) is 7.18. The molecule has 0 aliphatic heterocycles. The highest BCUT2D eigenvalue weighted by Gasteiger charge is 2.24. The molecule has 0 aromatic rings. The van der Waals surface area contributed by atoms with Crippen molar-refractivity contribution in [1.29, 1.82) is 0 Å². The number of nitrogens with two attached hydrogens (primary N) is 1. The summed E-state index contributed by atoms with van der Waals surface area (Å²) in [6.45, 7) is 0.675. The summed E-state index contributed by atoms with van der Waals surface area (Å²) in [7, 11) is 3.58. The summed E-state index contributed by atoms with van der Waals surface area (Å²) in [4.78, 5) is 14.1. The molecular weight excluding hydrogens is 228 g/mol. The van der Waals surface area contributed by atoms with Crippen LogP contribution in [0.4, 0.5) is 0 Å². The Morgan fingerprint density at radius 3 is 2.50 bits per heavy atom. The fourth-order valence-corrected chi connectivity index (χ4v) is 2.66. The highest BCUT2D eigenvalue weighted by atomic mass is 16.5. The van der Waals surface area contributed by atoms with Crippen molar-refractivity contribution in [3.63, 3.8) is 0 Å². The molecule has 0 spiro atoms. The Labute approximate surface area is 111 Å². The van der Waals surface area contributed by atoms with Crippen LogP contribution >= 0.6 is 0 Å². The van der Waals surface area contributed by atoms with Crippen molar-refractivity contribution >= 4 is 5.91 Å². The number of carbonyl (C=O) groups excluding carboxylic acids is 1. The van der Waals surface area contributed by atoms with Crippen molar-refractivity contribution in [3.8, 4) is 0 Å². The van der Waals surface area contributed by atoms with Crippen molar-refractivity contribution < 1.29 is 9.53 Å². The molecule has 0 heterocycles. The van der Waals surface area contributed by atoms with Crippen molar-refractivity contribution in [3.05, 3.63) is 0 Å². The van der Waals surface area contributed by atoms with Gasteiger partial charge in [0.15, 0.2) is 0 Å². The van der Waals surface area contributed by atoms with Crippen molar-refractivity contribution in [2.45, 2.75) is 63.5 Å². The molecule has 4 nitrogen and oxygen atoms in total. The lowest BCUT2D eigenvalue weighted by Gasteiger charge is -2.29. The van der Waals surface area contributed by atoms with E-state index in [-0.39, 0.29) is 11.9 Å². The van der Waals surface area contributed by atoms with Crippen LogP contribution in [0.25, 0.3) is 0 Å². The fourth-order valence-electron chi connectivity index (χ4n) is 2.66. The lowest BCUT2D eigenvalue weighted by Crippen LogP contribution is -2.46. The van der Waals surface area contributed by atoms with E-state index in [0.717, 1.165) is 19.3 Å². The number of amides is 1. The van der Waals surface area contributed by atoms with E-state index in [1.807, 2.05) is 11.9 Å². The van der Waals surface area contributed by atoms with Gasteiger partial charge >= 0.3 is 0 Å². The first kappa shape index (κ1) is 15.4. The summed E-state index contributed by atoms with van der Waals surface area (Å²) in [5.41, 5.74) is 5.96. The van der Waals surface area contributed by atoms with Crippen LogP contribution in [0.3, 0.4) is 0 Å². The Morgan fingerprint density at radius 2 is 1.94 bits per heavy atom. The molecule has 1 fully saturated rings. The zero-order valence-electron chi connectivity index (χ0n) is 11.9. The van der Waals surface area contributed by atoms with Crippen LogP contribution in [0.15, 0.2) is 0 Å². The van der Waals surface area contributed by atoms with E-state index in [9.17, 15) is 4.79 Å². The number of ether oxygens (including phenoxy) is 1. The molecular formula is C14H28N2O2. The smallest absolute Gasteiger partial charge is 0.239 e. The highest BCUT2D eigenvalue weighted by Crippen LogP contribution is 2.21. The first-order valence-corrected chi connectivity index (χ1v) is 7.18. The van der Waals surface area contributed by atoms with Crippen LogP contribution in [0, 0.1) is 0 Å². The number of hydrogen-bond donors (Lipinski definition) is 1. The number of carbonyl (C=O) groups is 1. The predicted octanol–water partition coefficient (Wildman–Crippen LogP) is 1.92. The maximum Gasteiger partial charge on any atom is 0.239 e. The zero-order valence-corrected chi connectivity index (χ0v) is 11.9. The number of methoxy groups -OCH3 is 1. The van der Waals surface area contributed by atoms with Gasteiger partial charge in [-0.1, -0.05) is 25.7 Å². The topological polar surface area (TPSA) is 55.6 Å². The van der Waals surface area contributed by atoms with E-state index in [1.54, 1.807) is 7.11 Å². The standard InChI is InChI=1S/C14H28N2O2/c1-16(12-8-5-3-4-6-9-12)14(17)13(15)10-7-11-18-2/h12-13H,3-11,15H2,1-2H3. The fraction of sp³-hybridized carbons (Fsp3) is 0.929. The summed E-state index contributed by atoms with van der Waals surface area (Å²) in [6, 6.07) is 0.0295. The van der Waals surface area contributed by atoms with Gasteiger partial charge in [-0.3, -0.25) is 4.79 Å². The van der Waals surface area contributed by atoms with E-state index in [1.165, 1.54) is 25.7 Å². The second-order valence-electron chi connectivity index (χ2n) is 5.34. The van der Waals surface area contributed by atoms with E-state index in [2.05, 4.69) is 0 Å². The van der Waals surface area contributed by atoms with Gasteiger partial charge in [0.05, 0.1) is 6.04 Å². The molecule has 0 aromatic carbocycles. The normalized spacial score (nSPS) is 19.3. The van der Waals surface area contributed by atoms with Gasteiger partial charge in [0.25, 0.3) is 0 Å². The van der Waals surface area contributed by atoms with Gasteiger partial charge in [0.1, 0.15) is 0 Å². The second kappa shape index (κ2) is 8.48. The average Bonchev–Trinajstić information content (AvgIpc) is 2.66. The molecule has 1 unspecified atom stereocenters. The summed E-state index contributed by atoms with van der Waals surface area (Å²) in [5.74, 6) is 0.0954. The molecule has 1 atom stereocenters. The maximum atomic E-state index is 12.2. The molecule has 0 aromatic heterocycles. The number of likely N-dealkylation sites (N-methyl/N-ethyl adjacent to an activating group) is 1. The highest BCUT2D eigenvalue weighted by molar-refractivity contribution is 5.81. The molecule has 18 heavy (non-hydrogen) atoms. The van der Waals surface area contributed by atoms with Gasteiger partial charge in [0, 0.05) is 26.8 Å². The SMILES string of the molecule is COCCCC(N)C(=O)N(C)C1CCCCCC1. The van der Waals surface area contributed by atoms with Crippen molar-refractivity contribution in [1.82, 2.24) is 4.90 Å². The maximum absolute atomic E-state index is 12.2. The van der Waals surface area contributed by atoms with Crippen LogP contribution in [0.5, 0.6) is 0 Å². The Morgan fingerprint density at radius 1 is 1.33 bits per heavy atom. The van der Waals surface area contributed by atoms with E-state index in [0.29, 0.717) is 19.1 Å². The Kier molecular flexibility index (Phi) is 7.28. The van der Waals surface area contributed by atoms with Crippen molar-refractivity contribution in [2.24, 2.45) is 5.73 Å². The minimum atomic E-state index is -0.367. The molecule has 0 bridgehead atoms. The van der Waals surface area contributed by atoms with Crippen LogP contribution in [0.2, 0.25) is 0 Å². The average molecular weight is 256 g/mol. The molecule has 2 N–H and O–H groups in total. The third-order valence-electron chi connectivity index (χ3n) is 3.90. The van der Waals surface area contributed by atoms with Crippen LogP contribution in [-0.4, -0.2) is 43.7 Å². The third kappa shape index (κ3) is 4.94. The van der Waals surface area contributed by atoms with Crippen molar-refractivity contribution in [2.75, 3.05) is 20.8 Å². The molecule has 1 aliphatic rings. The third-order valence-corrected chi connectivity index (χ3v) is 3.90. The first-order chi connectivity index (χ1) is 8.66. The minimum Gasteiger partial charge on any atom is -0.385 e. The molecule has 1 saturated carbocycles. The molecule has 1 amide bonds. The monoisotopic (exact) mass is 256 g/mol. The van der Waals surface area contributed by atoms with E-state index < -0.39 is 0 Å². The lowest BCUT2D eigenvalue weighted by molar-refractivity contribution is -0.133. The predicted molar refractivity (Wildman–Crippen MR) is 73.3 cm³/mol. The van der Waals surface area contributed by atoms with Gasteiger partial charge in [-0.15, -0.1) is 0 Å². The van der Waals surface area contributed by atoms with Gasteiger partial charge in [-0.2, -0.15) is 0 Å². The molecule has 106 valence electrons. The number of hydrogen-bond acceptors (Lipinski definition) is 3. The molecule has 0 saturated heterocycles. The van der Waals surface area contributed by atoms with Crippen LogP contribution in [0.1, 0.15) is 51.4 Å². The minimum absolute atomic E-state index is 0.0954. The van der Waals surface area contributed by atoms with Gasteiger partial charge in [-0.25, -0.2) is 0 Å². The van der Waals surface area contributed by atoms with E-state index >= 15 is 0 Å². The Balaban J connectivity index is 2.38. The summed E-state index contributed by atoms with van der Waals surface area (Å²) in [6.07, 6.45) is 8.91. The molecule has 0 radical (unpaired) electrons. The summed E-state index contributed by atoms with van der Waals surface area (Å²) in [5, 5.41) is 0. The molecule has 4 heteroatoms. The largest absolute Gasteiger partial charge is 0.385 e. The van der Waals surface area contributed by atoms with Crippen LogP contribution < -0.4 is 5.73 Å². The zero-order chi connectivity index (χ0) is 13.4. The molecule has 1 rings (SSSR count). The van der Waals surface area contributed by atoms with E-state index in [4.69, 9.17) is 10.5 Å². The summed E-state index contributed by atoms with van der Waals surface area (Å²) < 4.78 is 4.98.